The molecule has 0 bridgehead atoms. The minimum atomic E-state index is -0.0955. The van der Waals surface area contributed by atoms with Gasteiger partial charge in [-0.05, 0) is 54.7 Å². The fraction of sp³-hybridized carbons (Fsp3) is 0.346. The van der Waals surface area contributed by atoms with Gasteiger partial charge in [0.05, 0.1) is 4.91 Å². The third kappa shape index (κ3) is 5.16. The number of hydrogen-bond donors (Lipinski definition) is 1. The molecular weight excluding hydrogens is 404 g/mol. The molecule has 2 aromatic carbocycles. The van der Waals surface area contributed by atoms with Crippen molar-refractivity contribution < 1.29 is 9.53 Å². The summed E-state index contributed by atoms with van der Waals surface area (Å²) in [5.41, 5.74) is 1.94. The highest BCUT2D eigenvalue weighted by molar-refractivity contribution is 8.05. The summed E-state index contributed by atoms with van der Waals surface area (Å²) in [4.78, 5) is 16.4. The lowest BCUT2D eigenvalue weighted by atomic mass is 9.85. The molecule has 1 N–H and O–H groups in total. The zero-order chi connectivity index (χ0) is 21.6. The number of carbonyl (C=O) groups is 1. The van der Waals surface area contributed by atoms with Crippen molar-refractivity contribution in [3.8, 4) is 5.75 Å². The zero-order valence-corrected chi connectivity index (χ0v) is 18.8. The first kappa shape index (κ1) is 21.6. The molecule has 1 saturated carbocycles. The predicted molar refractivity (Wildman–Crippen MR) is 130 cm³/mol. The Bertz CT molecular complexity index is 926. The molecule has 1 heterocycles. The Morgan fingerprint density at radius 1 is 1.13 bits per heavy atom. The smallest absolute Gasteiger partial charge is 0.262 e. The van der Waals surface area contributed by atoms with E-state index in [0.29, 0.717) is 12.5 Å². The van der Waals surface area contributed by atoms with E-state index in [2.05, 4.69) is 35.9 Å². The molecule has 1 aliphatic carbocycles. The third-order valence-corrected chi connectivity index (χ3v) is 7.08. The van der Waals surface area contributed by atoms with Gasteiger partial charge < -0.3 is 15.0 Å². The lowest BCUT2D eigenvalue weighted by Crippen LogP contribution is -2.48. The second-order valence-corrected chi connectivity index (χ2v) is 9.32. The molecule has 1 aliphatic heterocycles. The van der Waals surface area contributed by atoms with Gasteiger partial charge in [0.15, 0.2) is 5.50 Å². The summed E-state index contributed by atoms with van der Waals surface area (Å²) >= 11 is 1.61. The maximum atomic E-state index is 13.5. The number of para-hydroxylation sites is 1. The Morgan fingerprint density at radius 3 is 2.58 bits per heavy atom. The molecule has 3 atom stereocenters. The molecule has 5 heteroatoms. The van der Waals surface area contributed by atoms with Crippen LogP contribution in [0.25, 0.3) is 6.08 Å². The number of hydrogen-bond acceptors (Lipinski definition) is 4. The summed E-state index contributed by atoms with van der Waals surface area (Å²) in [6.07, 6.45) is 8.42. The van der Waals surface area contributed by atoms with Crippen LogP contribution in [0.3, 0.4) is 0 Å². The quantitative estimate of drug-likeness (QED) is 0.420. The van der Waals surface area contributed by atoms with Crippen molar-refractivity contribution >= 4 is 29.4 Å². The number of anilines is 1. The minimum absolute atomic E-state index is 0.0955. The highest BCUT2D eigenvalue weighted by Gasteiger charge is 2.42. The van der Waals surface area contributed by atoms with E-state index in [0.717, 1.165) is 28.3 Å². The SMILES string of the molecule is C=CCOc1ccc(/C=C2\SC(Nc3ccccc3)N([C@H]3CCCC[C@@H]3C)C2=O)cc1. The average Bonchev–Trinajstić information content (AvgIpc) is 3.09. The summed E-state index contributed by atoms with van der Waals surface area (Å²) in [5.74, 6) is 1.44. The van der Waals surface area contributed by atoms with Gasteiger partial charge in [-0.25, -0.2) is 0 Å². The van der Waals surface area contributed by atoms with Gasteiger partial charge in [0.25, 0.3) is 5.91 Å². The van der Waals surface area contributed by atoms with Crippen LogP contribution in [0.5, 0.6) is 5.75 Å². The Kier molecular flexibility index (Phi) is 7.03. The van der Waals surface area contributed by atoms with Crippen LogP contribution in [0.4, 0.5) is 5.69 Å². The predicted octanol–water partition coefficient (Wildman–Crippen LogP) is 6.14. The van der Waals surface area contributed by atoms with Crippen molar-refractivity contribution in [2.75, 3.05) is 11.9 Å². The molecule has 1 amide bonds. The van der Waals surface area contributed by atoms with Crippen molar-refractivity contribution in [3.63, 3.8) is 0 Å². The lowest BCUT2D eigenvalue weighted by molar-refractivity contribution is -0.129. The van der Waals surface area contributed by atoms with Crippen LogP contribution in [0.15, 0.2) is 72.2 Å². The van der Waals surface area contributed by atoms with Crippen molar-refractivity contribution in [1.29, 1.82) is 0 Å². The van der Waals surface area contributed by atoms with Crippen LogP contribution in [0.2, 0.25) is 0 Å². The fourth-order valence-corrected chi connectivity index (χ4v) is 5.55. The molecule has 0 aromatic heterocycles. The summed E-state index contributed by atoms with van der Waals surface area (Å²) in [6.45, 7) is 6.44. The maximum absolute atomic E-state index is 13.5. The van der Waals surface area contributed by atoms with Gasteiger partial charge in [0, 0.05) is 11.7 Å². The maximum Gasteiger partial charge on any atom is 0.262 e. The van der Waals surface area contributed by atoms with Crippen molar-refractivity contribution in [3.05, 3.63) is 77.7 Å². The van der Waals surface area contributed by atoms with Crippen molar-refractivity contribution in [2.24, 2.45) is 5.92 Å². The van der Waals surface area contributed by atoms with E-state index in [4.69, 9.17) is 4.74 Å². The molecule has 4 rings (SSSR count). The van der Waals surface area contributed by atoms with E-state index in [1.165, 1.54) is 19.3 Å². The van der Waals surface area contributed by atoms with Crippen LogP contribution >= 0.6 is 11.8 Å². The first-order valence-corrected chi connectivity index (χ1v) is 11.9. The van der Waals surface area contributed by atoms with Crippen LogP contribution < -0.4 is 10.1 Å². The standard InChI is InChI=1S/C26H30N2O2S/c1-3-17-30-22-15-13-20(14-16-22)18-24-25(29)28(23-12-8-7-9-19(23)2)26(31-24)27-21-10-5-4-6-11-21/h3-6,10-11,13-16,18-19,23,26-27H,1,7-9,12,17H2,2H3/b24-18-/t19-,23-,26?/m0/s1. The summed E-state index contributed by atoms with van der Waals surface area (Å²) in [6, 6.07) is 18.3. The van der Waals surface area contributed by atoms with Crippen LogP contribution in [-0.4, -0.2) is 29.0 Å². The highest BCUT2D eigenvalue weighted by Crippen LogP contribution is 2.42. The van der Waals surface area contributed by atoms with Crippen LogP contribution in [-0.2, 0) is 4.79 Å². The first-order chi connectivity index (χ1) is 15.2. The van der Waals surface area contributed by atoms with Gasteiger partial charge in [0.1, 0.15) is 12.4 Å². The van der Waals surface area contributed by atoms with E-state index in [1.54, 1.807) is 17.8 Å². The number of ether oxygens (including phenoxy) is 1. The van der Waals surface area contributed by atoms with Gasteiger partial charge in [-0.3, -0.25) is 4.79 Å². The molecule has 1 unspecified atom stereocenters. The van der Waals surface area contributed by atoms with E-state index < -0.39 is 0 Å². The molecular formula is C26H30N2O2S. The number of nitrogens with one attached hydrogen (secondary N) is 1. The van der Waals surface area contributed by atoms with Gasteiger partial charge in [-0.15, -0.1) is 0 Å². The molecule has 4 nitrogen and oxygen atoms in total. The highest BCUT2D eigenvalue weighted by atomic mass is 32.2. The van der Waals surface area contributed by atoms with Crippen LogP contribution in [0, 0.1) is 5.92 Å². The van der Waals surface area contributed by atoms with E-state index in [1.807, 2.05) is 48.5 Å². The Morgan fingerprint density at radius 2 is 1.87 bits per heavy atom. The van der Waals surface area contributed by atoms with E-state index in [-0.39, 0.29) is 17.4 Å². The van der Waals surface area contributed by atoms with Crippen molar-refractivity contribution in [2.45, 2.75) is 44.1 Å². The minimum Gasteiger partial charge on any atom is -0.490 e. The van der Waals surface area contributed by atoms with Gasteiger partial charge in [-0.1, -0.05) is 74.5 Å². The number of rotatable bonds is 7. The molecule has 0 radical (unpaired) electrons. The third-order valence-electron chi connectivity index (χ3n) is 5.97. The largest absolute Gasteiger partial charge is 0.490 e. The summed E-state index contributed by atoms with van der Waals surface area (Å²) < 4.78 is 5.56. The molecule has 162 valence electrons. The van der Waals surface area contributed by atoms with E-state index in [9.17, 15) is 4.79 Å². The van der Waals surface area contributed by atoms with Crippen LogP contribution in [0.1, 0.15) is 38.2 Å². The number of thioether (sulfide) groups is 1. The van der Waals surface area contributed by atoms with Crippen molar-refractivity contribution in [1.82, 2.24) is 4.90 Å². The summed E-state index contributed by atoms with van der Waals surface area (Å²) in [7, 11) is 0. The van der Waals surface area contributed by atoms with Gasteiger partial charge in [-0.2, -0.15) is 0 Å². The van der Waals surface area contributed by atoms with Gasteiger partial charge in [0.2, 0.25) is 0 Å². The number of nitrogens with zero attached hydrogens (tertiary/aromatic N) is 1. The number of carbonyl (C=O) groups excluding carboxylic acids is 1. The normalized spacial score (nSPS) is 24.9. The molecule has 1 saturated heterocycles. The summed E-state index contributed by atoms with van der Waals surface area (Å²) in [5, 5.41) is 3.59. The zero-order valence-electron chi connectivity index (χ0n) is 18.0. The Balaban J connectivity index is 1.58. The first-order valence-electron chi connectivity index (χ1n) is 11.0. The molecule has 2 aromatic rings. The number of amides is 1. The Hall–Kier alpha value is -2.66. The Labute approximate surface area is 189 Å². The molecule has 0 spiro atoms. The second-order valence-electron chi connectivity index (χ2n) is 8.20. The molecule has 2 fully saturated rings. The monoisotopic (exact) mass is 434 g/mol. The molecule has 2 aliphatic rings. The number of benzene rings is 2. The second kappa shape index (κ2) is 10.1. The van der Waals surface area contributed by atoms with Gasteiger partial charge >= 0.3 is 0 Å². The lowest BCUT2D eigenvalue weighted by Gasteiger charge is -2.39. The van der Waals surface area contributed by atoms with E-state index >= 15 is 0 Å². The average molecular weight is 435 g/mol. The fourth-order valence-electron chi connectivity index (χ4n) is 4.33. The topological polar surface area (TPSA) is 41.6 Å². The molecule has 31 heavy (non-hydrogen) atoms.